The number of nitrogens with zero attached hydrogens (tertiary/aromatic N) is 2. The summed E-state index contributed by atoms with van der Waals surface area (Å²) >= 11 is 7.08. The van der Waals surface area contributed by atoms with E-state index in [2.05, 4.69) is 15.5 Å². The van der Waals surface area contributed by atoms with Gasteiger partial charge < -0.3 is 31.1 Å². The summed E-state index contributed by atoms with van der Waals surface area (Å²) in [5.41, 5.74) is 7.93. The molecule has 2 saturated heterocycles. The molecule has 9 nitrogen and oxygen atoms in total. The van der Waals surface area contributed by atoms with Gasteiger partial charge in [-0.15, -0.1) is 11.3 Å². The largest absolute Gasteiger partial charge is 0.442 e. The van der Waals surface area contributed by atoms with Crippen LogP contribution in [-0.2, 0) is 4.74 Å². The van der Waals surface area contributed by atoms with Gasteiger partial charge in [-0.2, -0.15) is 0 Å². The van der Waals surface area contributed by atoms with Crippen molar-refractivity contribution in [3.05, 3.63) is 39.5 Å². The summed E-state index contributed by atoms with van der Waals surface area (Å²) in [4.78, 5) is 29.1. The first kappa shape index (κ1) is 23.6. The van der Waals surface area contributed by atoms with Crippen molar-refractivity contribution >= 4 is 52.0 Å². The number of anilines is 3. The fraction of sp³-hybridized carbons (Fsp3) is 0.455. The summed E-state index contributed by atoms with van der Waals surface area (Å²) in [5.74, 6) is -0.255. The number of carbonyl (C=O) groups is 2. The lowest BCUT2D eigenvalue weighted by Crippen LogP contribution is -2.34. The molecule has 2 aliphatic rings. The molecule has 0 aliphatic carbocycles. The minimum absolute atomic E-state index is 0.0622. The van der Waals surface area contributed by atoms with Gasteiger partial charge in [0, 0.05) is 25.3 Å². The van der Waals surface area contributed by atoms with Crippen LogP contribution in [0.4, 0.5) is 21.9 Å². The lowest BCUT2D eigenvalue weighted by molar-refractivity contribution is 0.0920. The van der Waals surface area contributed by atoms with Crippen molar-refractivity contribution in [1.29, 1.82) is 0 Å². The first-order chi connectivity index (χ1) is 15.9. The van der Waals surface area contributed by atoms with Crippen LogP contribution in [0.3, 0.4) is 0 Å². The zero-order valence-electron chi connectivity index (χ0n) is 18.1. The Bertz CT molecular complexity index is 997. The van der Waals surface area contributed by atoms with Gasteiger partial charge in [-0.1, -0.05) is 11.6 Å². The molecule has 2 fully saturated rings. The van der Waals surface area contributed by atoms with Crippen LogP contribution in [0.25, 0.3) is 0 Å². The minimum atomic E-state index is -0.900. The Morgan fingerprint density at radius 1 is 1.27 bits per heavy atom. The summed E-state index contributed by atoms with van der Waals surface area (Å²) in [7, 11) is 0. The highest BCUT2D eigenvalue weighted by Crippen LogP contribution is 2.34. The number of nitrogens with one attached hydrogen (secondary N) is 2. The molecule has 2 unspecified atom stereocenters. The van der Waals surface area contributed by atoms with Crippen LogP contribution in [0.1, 0.15) is 28.9 Å². The quantitative estimate of drug-likeness (QED) is 0.417. The number of halogens is 1. The maximum Gasteiger partial charge on any atom is 0.414 e. The Balaban J connectivity index is 1.45. The molecule has 2 aliphatic heterocycles. The van der Waals surface area contributed by atoms with Gasteiger partial charge in [0.15, 0.2) is 0 Å². The van der Waals surface area contributed by atoms with Crippen molar-refractivity contribution in [2.24, 2.45) is 5.73 Å². The van der Waals surface area contributed by atoms with E-state index in [4.69, 9.17) is 22.1 Å². The van der Waals surface area contributed by atoms with Gasteiger partial charge in [-0.3, -0.25) is 9.69 Å². The van der Waals surface area contributed by atoms with Crippen LogP contribution < -0.4 is 26.2 Å². The van der Waals surface area contributed by atoms with E-state index in [0.717, 1.165) is 31.6 Å². The molecule has 4 rings (SSSR count). The van der Waals surface area contributed by atoms with Crippen molar-refractivity contribution in [3.63, 3.8) is 0 Å². The van der Waals surface area contributed by atoms with Gasteiger partial charge in [0.25, 0.3) is 5.91 Å². The standard InChI is InChI=1S/C22H28ClN5O4S/c23-19-7-6-18(33-19)21(30)25-12-15-13-28(22(31)32-15)14-4-5-17(27-8-2-1-3-9-27)16(10-14)26-20(29)11-24/h4-7,10,15,20,26,29H,1-3,8-9,11-13,24H2,(H,25,30). The van der Waals surface area contributed by atoms with E-state index in [9.17, 15) is 14.7 Å². The van der Waals surface area contributed by atoms with Crippen molar-refractivity contribution in [2.75, 3.05) is 47.8 Å². The molecule has 0 saturated carbocycles. The number of nitrogens with two attached hydrogens (primary N) is 1. The smallest absolute Gasteiger partial charge is 0.414 e. The lowest BCUT2D eigenvalue weighted by Gasteiger charge is -2.32. The fourth-order valence-electron chi connectivity index (χ4n) is 4.03. The average Bonchev–Trinajstić information content (AvgIpc) is 3.43. The van der Waals surface area contributed by atoms with Crippen molar-refractivity contribution < 1.29 is 19.4 Å². The number of hydrogen-bond acceptors (Lipinski definition) is 8. The van der Waals surface area contributed by atoms with Gasteiger partial charge >= 0.3 is 6.09 Å². The van der Waals surface area contributed by atoms with Gasteiger partial charge in [-0.05, 0) is 49.6 Å². The predicted octanol–water partition coefficient (Wildman–Crippen LogP) is 2.84. The number of aliphatic hydroxyl groups is 1. The van der Waals surface area contributed by atoms with E-state index in [1.165, 1.54) is 22.7 Å². The fourth-order valence-corrected chi connectivity index (χ4v) is 4.98. The Kier molecular flexibility index (Phi) is 7.59. The van der Waals surface area contributed by atoms with E-state index in [1.807, 2.05) is 18.2 Å². The first-order valence-corrected chi connectivity index (χ1v) is 12.2. The molecular formula is C22H28ClN5O4S. The van der Waals surface area contributed by atoms with E-state index < -0.39 is 18.4 Å². The molecule has 178 valence electrons. The van der Waals surface area contributed by atoms with E-state index >= 15 is 0 Å². The third kappa shape index (κ3) is 5.70. The monoisotopic (exact) mass is 493 g/mol. The molecule has 0 radical (unpaired) electrons. The van der Waals surface area contributed by atoms with Gasteiger partial charge in [0.1, 0.15) is 12.3 Å². The average molecular weight is 494 g/mol. The van der Waals surface area contributed by atoms with Gasteiger partial charge in [0.05, 0.1) is 33.7 Å². The molecule has 1 aromatic carbocycles. The van der Waals surface area contributed by atoms with E-state index in [1.54, 1.807) is 12.1 Å². The number of carbonyl (C=O) groups excluding carboxylic acids is 2. The van der Waals surface area contributed by atoms with Gasteiger partial charge in [-0.25, -0.2) is 4.79 Å². The summed E-state index contributed by atoms with van der Waals surface area (Å²) < 4.78 is 6.00. The summed E-state index contributed by atoms with van der Waals surface area (Å²) in [6.07, 6.45) is 1.57. The van der Waals surface area contributed by atoms with Crippen LogP contribution in [0, 0.1) is 0 Å². The third-order valence-electron chi connectivity index (χ3n) is 5.70. The van der Waals surface area contributed by atoms with Crippen LogP contribution in [0.2, 0.25) is 4.34 Å². The molecule has 2 aromatic rings. The highest BCUT2D eigenvalue weighted by Gasteiger charge is 2.33. The minimum Gasteiger partial charge on any atom is -0.442 e. The van der Waals surface area contributed by atoms with E-state index in [0.29, 0.717) is 27.1 Å². The summed E-state index contributed by atoms with van der Waals surface area (Å²) in [6.45, 7) is 2.43. The Hall–Kier alpha value is -2.53. The number of hydrogen-bond donors (Lipinski definition) is 4. The van der Waals surface area contributed by atoms with Crippen LogP contribution in [0.5, 0.6) is 0 Å². The SMILES string of the molecule is NCC(O)Nc1cc(N2CC(CNC(=O)c3ccc(Cl)s3)OC2=O)ccc1N1CCCCC1. The molecule has 11 heteroatoms. The van der Waals surface area contributed by atoms with Crippen molar-refractivity contribution in [3.8, 4) is 0 Å². The topological polar surface area (TPSA) is 120 Å². The molecular weight excluding hydrogens is 466 g/mol. The number of rotatable bonds is 8. The van der Waals surface area contributed by atoms with Crippen molar-refractivity contribution in [1.82, 2.24) is 5.32 Å². The Morgan fingerprint density at radius 3 is 2.76 bits per heavy atom. The molecule has 2 atom stereocenters. The number of amides is 2. The highest BCUT2D eigenvalue weighted by atomic mass is 35.5. The molecule has 0 spiro atoms. The number of aliphatic hydroxyl groups excluding tert-OH is 1. The molecule has 2 amide bonds. The maximum atomic E-state index is 12.6. The summed E-state index contributed by atoms with van der Waals surface area (Å²) in [6, 6.07) is 8.98. The Morgan fingerprint density at radius 2 is 2.06 bits per heavy atom. The van der Waals surface area contributed by atoms with Crippen molar-refractivity contribution in [2.45, 2.75) is 31.6 Å². The number of piperidine rings is 1. The maximum absolute atomic E-state index is 12.6. The van der Waals surface area contributed by atoms with Crippen LogP contribution in [0.15, 0.2) is 30.3 Å². The highest BCUT2D eigenvalue weighted by molar-refractivity contribution is 7.18. The number of benzene rings is 1. The van der Waals surface area contributed by atoms with Crippen LogP contribution >= 0.6 is 22.9 Å². The molecule has 0 bridgehead atoms. The zero-order valence-corrected chi connectivity index (χ0v) is 19.7. The first-order valence-electron chi connectivity index (χ1n) is 11.0. The number of thiophene rings is 1. The van der Waals surface area contributed by atoms with Gasteiger partial charge in [0.2, 0.25) is 0 Å². The second-order valence-corrected chi connectivity index (χ2v) is 9.79. The molecule has 5 N–H and O–H groups in total. The molecule has 33 heavy (non-hydrogen) atoms. The number of cyclic esters (lactones) is 1. The molecule has 3 heterocycles. The summed E-state index contributed by atoms with van der Waals surface area (Å²) in [5, 5.41) is 15.9. The molecule has 1 aromatic heterocycles. The lowest BCUT2D eigenvalue weighted by atomic mass is 10.1. The Labute approximate surface area is 201 Å². The number of ether oxygens (including phenoxy) is 1. The second-order valence-electron chi connectivity index (χ2n) is 8.08. The second kappa shape index (κ2) is 10.6. The third-order valence-corrected chi connectivity index (χ3v) is 6.93. The van der Waals surface area contributed by atoms with E-state index in [-0.39, 0.29) is 19.0 Å². The predicted molar refractivity (Wildman–Crippen MR) is 130 cm³/mol. The zero-order chi connectivity index (χ0) is 23.4. The normalized spacial score (nSPS) is 19.4. The van der Waals surface area contributed by atoms with Crippen LogP contribution in [-0.4, -0.2) is 62.2 Å².